The topological polar surface area (TPSA) is 84.5 Å². The SMILES string of the molecule is CC(C)[C@H](NC(=O)C12CC3CC(CC(C3)C1)C2)C(=O)OCC(=O)Nc1ccccc1F. The Morgan fingerprint density at radius 3 is 2.19 bits per heavy atom. The largest absolute Gasteiger partial charge is 0.454 e. The van der Waals surface area contributed by atoms with Crippen LogP contribution < -0.4 is 10.6 Å². The van der Waals surface area contributed by atoms with Crippen LogP contribution in [0.1, 0.15) is 52.4 Å². The molecule has 4 aliphatic carbocycles. The highest BCUT2D eigenvalue weighted by Crippen LogP contribution is 2.60. The number of ether oxygens (including phenoxy) is 1. The smallest absolute Gasteiger partial charge is 0.329 e. The van der Waals surface area contributed by atoms with E-state index in [-0.39, 0.29) is 22.9 Å². The summed E-state index contributed by atoms with van der Waals surface area (Å²) >= 11 is 0. The molecule has 1 aromatic rings. The van der Waals surface area contributed by atoms with Gasteiger partial charge in [-0.15, -0.1) is 0 Å². The van der Waals surface area contributed by atoms with Gasteiger partial charge in [-0.1, -0.05) is 26.0 Å². The third-order valence-electron chi connectivity index (χ3n) is 7.22. The molecule has 31 heavy (non-hydrogen) atoms. The first-order chi connectivity index (χ1) is 14.8. The number of hydrogen-bond donors (Lipinski definition) is 2. The summed E-state index contributed by atoms with van der Waals surface area (Å²) in [7, 11) is 0. The van der Waals surface area contributed by atoms with E-state index in [1.54, 1.807) is 6.07 Å². The number of amides is 2. The van der Waals surface area contributed by atoms with E-state index in [2.05, 4.69) is 10.6 Å². The third kappa shape index (κ3) is 4.60. The fourth-order valence-electron chi connectivity index (χ4n) is 6.16. The van der Waals surface area contributed by atoms with E-state index < -0.39 is 30.3 Å². The maximum Gasteiger partial charge on any atom is 0.329 e. The number of rotatable bonds is 7. The maximum atomic E-state index is 13.7. The predicted molar refractivity (Wildman–Crippen MR) is 113 cm³/mol. The molecule has 168 valence electrons. The standard InChI is InChI=1S/C24H31FN2O4/c1-14(2)21(22(29)31-13-20(28)26-19-6-4-3-5-18(19)25)27-23(30)24-10-15-7-16(11-24)9-17(8-15)12-24/h3-6,14-17,21H,7-13H2,1-2H3,(H,26,28)(H,27,30)/t15?,16?,17?,21-,24?/m0/s1. The Kier molecular flexibility index (Phi) is 6.04. The van der Waals surface area contributed by atoms with E-state index in [0.717, 1.165) is 19.3 Å². The molecule has 7 heteroatoms. The minimum atomic E-state index is -0.818. The molecule has 6 nitrogen and oxygen atoms in total. The Balaban J connectivity index is 1.34. The van der Waals surface area contributed by atoms with Crippen LogP contribution in [0.5, 0.6) is 0 Å². The molecule has 0 saturated heterocycles. The van der Waals surface area contributed by atoms with Gasteiger partial charge in [-0.25, -0.2) is 9.18 Å². The minimum absolute atomic E-state index is 0.0269. The van der Waals surface area contributed by atoms with Gasteiger partial charge in [0.2, 0.25) is 5.91 Å². The molecule has 5 rings (SSSR count). The van der Waals surface area contributed by atoms with Crippen molar-refractivity contribution >= 4 is 23.5 Å². The number of hydrogen-bond acceptors (Lipinski definition) is 4. The van der Waals surface area contributed by atoms with Crippen LogP contribution >= 0.6 is 0 Å². The van der Waals surface area contributed by atoms with Crippen LogP contribution in [0.15, 0.2) is 24.3 Å². The second-order valence-corrected chi connectivity index (χ2v) is 10.0. The number of para-hydroxylation sites is 1. The van der Waals surface area contributed by atoms with Crippen LogP contribution in [-0.2, 0) is 19.1 Å². The van der Waals surface area contributed by atoms with Crippen molar-refractivity contribution in [3.8, 4) is 0 Å². The van der Waals surface area contributed by atoms with Crippen molar-refractivity contribution < 1.29 is 23.5 Å². The highest BCUT2D eigenvalue weighted by molar-refractivity contribution is 5.94. The fraction of sp³-hybridized carbons (Fsp3) is 0.625. The average Bonchev–Trinajstić information content (AvgIpc) is 2.70. The van der Waals surface area contributed by atoms with Gasteiger partial charge in [0.25, 0.3) is 5.91 Å². The number of benzene rings is 1. The molecule has 0 spiro atoms. The number of carbonyl (C=O) groups is 3. The van der Waals surface area contributed by atoms with Gasteiger partial charge >= 0.3 is 5.97 Å². The molecule has 0 aromatic heterocycles. The van der Waals surface area contributed by atoms with Gasteiger partial charge in [-0.05, 0) is 74.3 Å². The number of esters is 1. The van der Waals surface area contributed by atoms with Gasteiger partial charge in [0.1, 0.15) is 11.9 Å². The van der Waals surface area contributed by atoms with Crippen LogP contribution in [0, 0.1) is 34.9 Å². The van der Waals surface area contributed by atoms with E-state index in [9.17, 15) is 18.8 Å². The van der Waals surface area contributed by atoms with Gasteiger partial charge < -0.3 is 15.4 Å². The van der Waals surface area contributed by atoms with Crippen molar-refractivity contribution in [1.29, 1.82) is 0 Å². The van der Waals surface area contributed by atoms with Crippen LogP contribution in [0.4, 0.5) is 10.1 Å². The highest BCUT2D eigenvalue weighted by atomic mass is 19.1. The minimum Gasteiger partial charge on any atom is -0.454 e. The summed E-state index contributed by atoms with van der Waals surface area (Å²) in [5.74, 6) is -0.177. The summed E-state index contributed by atoms with van der Waals surface area (Å²) < 4.78 is 18.8. The molecule has 4 bridgehead atoms. The first-order valence-corrected chi connectivity index (χ1v) is 11.3. The molecule has 2 N–H and O–H groups in total. The lowest BCUT2D eigenvalue weighted by Crippen LogP contribution is -2.57. The van der Waals surface area contributed by atoms with E-state index in [1.165, 1.54) is 37.5 Å². The monoisotopic (exact) mass is 430 g/mol. The number of halogens is 1. The summed E-state index contributed by atoms with van der Waals surface area (Å²) in [5, 5.41) is 5.34. The zero-order valence-corrected chi connectivity index (χ0v) is 18.2. The van der Waals surface area contributed by atoms with Crippen molar-refractivity contribution in [2.45, 2.75) is 58.4 Å². The lowest BCUT2D eigenvalue weighted by atomic mass is 9.49. The highest BCUT2D eigenvalue weighted by Gasteiger charge is 2.55. The lowest BCUT2D eigenvalue weighted by molar-refractivity contribution is -0.156. The van der Waals surface area contributed by atoms with Gasteiger partial charge in [0.05, 0.1) is 5.69 Å². The molecular formula is C24H31FN2O4. The summed E-state index contributed by atoms with van der Waals surface area (Å²) in [4.78, 5) is 38.0. The second-order valence-electron chi connectivity index (χ2n) is 10.0. The summed E-state index contributed by atoms with van der Waals surface area (Å²) in [6.07, 6.45) is 6.44. The van der Waals surface area contributed by atoms with Gasteiger partial charge in [0.15, 0.2) is 6.61 Å². The zero-order chi connectivity index (χ0) is 22.2. The summed E-state index contributed by atoms with van der Waals surface area (Å²) in [6.45, 7) is 3.14. The van der Waals surface area contributed by atoms with Crippen molar-refractivity contribution in [1.82, 2.24) is 5.32 Å². The van der Waals surface area contributed by atoms with E-state index >= 15 is 0 Å². The molecule has 4 aliphatic rings. The average molecular weight is 431 g/mol. The molecule has 0 heterocycles. The molecule has 0 aliphatic heterocycles. The van der Waals surface area contributed by atoms with Crippen LogP contribution in [0.2, 0.25) is 0 Å². The first kappa shape index (κ1) is 21.8. The number of anilines is 1. The number of nitrogens with one attached hydrogen (secondary N) is 2. The molecule has 1 atom stereocenters. The Bertz CT molecular complexity index is 834. The molecule has 4 saturated carbocycles. The first-order valence-electron chi connectivity index (χ1n) is 11.3. The van der Waals surface area contributed by atoms with Gasteiger partial charge in [-0.2, -0.15) is 0 Å². The molecule has 0 unspecified atom stereocenters. The van der Waals surface area contributed by atoms with Crippen LogP contribution in [0.3, 0.4) is 0 Å². The van der Waals surface area contributed by atoms with E-state index in [1.807, 2.05) is 13.8 Å². The Hall–Kier alpha value is -2.44. The van der Waals surface area contributed by atoms with E-state index in [4.69, 9.17) is 4.74 Å². The summed E-state index contributed by atoms with van der Waals surface area (Å²) in [5.41, 5.74) is -0.330. The van der Waals surface area contributed by atoms with Gasteiger partial charge in [-0.3, -0.25) is 9.59 Å². The third-order valence-corrected chi connectivity index (χ3v) is 7.22. The predicted octanol–water partition coefficient (Wildman–Crippen LogP) is 3.66. The number of carbonyl (C=O) groups excluding carboxylic acids is 3. The Labute approximate surface area is 182 Å². The summed E-state index contributed by atoms with van der Waals surface area (Å²) in [6, 6.07) is 4.96. The maximum absolute atomic E-state index is 13.7. The lowest BCUT2D eigenvalue weighted by Gasteiger charge is -2.55. The Morgan fingerprint density at radius 1 is 1.06 bits per heavy atom. The van der Waals surface area contributed by atoms with Crippen LogP contribution in [0.25, 0.3) is 0 Å². The quantitative estimate of drug-likeness (QED) is 0.647. The van der Waals surface area contributed by atoms with Crippen molar-refractivity contribution in [2.24, 2.45) is 29.1 Å². The van der Waals surface area contributed by atoms with E-state index in [0.29, 0.717) is 17.8 Å². The normalized spacial score (nSPS) is 29.5. The molecule has 2 amide bonds. The zero-order valence-electron chi connectivity index (χ0n) is 18.2. The fourth-order valence-corrected chi connectivity index (χ4v) is 6.16. The van der Waals surface area contributed by atoms with Crippen molar-refractivity contribution in [3.63, 3.8) is 0 Å². The van der Waals surface area contributed by atoms with Crippen LogP contribution in [-0.4, -0.2) is 30.4 Å². The molecule has 0 radical (unpaired) electrons. The molecule has 1 aromatic carbocycles. The second kappa shape index (κ2) is 8.60. The Morgan fingerprint density at radius 2 is 1.65 bits per heavy atom. The van der Waals surface area contributed by atoms with Gasteiger partial charge in [0, 0.05) is 5.41 Å². The van der Waals surface area contributed by atoms with Crippen molar-refractivity contribution in [3.05, 3.63) is 30.1 Å². The van der Waals surface area contributed by atoms with Crippen molar-refractivity contribution in [2.75, 3.05) is 11.9 Å². The molecule has 4 fully saturated rings. The molecular weight excluding hydrogens is 399 g/mol.